The van der Waals surface area contributed by atoms with Crippen molar-refractivity contribution < 1.29 is 24.9 Å². The summed E-state index contributed by atoms with van der Waals surface area (Å²) in [6.45, 7) is -0.0338. The van der Waals surface area contributed by atoms with Gasteiger partial charge in [-0.05, 0) is 36.3 Å². The second-order valence-electron chi connectivity index (χ2n) is 5.67. The molecule has 1 aliphatic heterocycles. The third-order valence-corrected chi connectivity index (χ3v) is 4.91. The zero-order valence-corrected chi connectivity index (χ0v) is 15.7. The van der Waals surface area contributed by atoms with Gasteiger partial charge in [-0.1, -0.05) is 11.6 Å². The smallest absolute Gasteiger partial charge is 0.261 e. The summed E-state index contributed by atoms with van der Waals surface area (Å²) in [6, 6.07) is 1.71. The van der Waals surface area contributed by atoms with Crippen LogP contribution in [-0.2, 0) is 9.53 Å². The number of anilines is 2. The van der Waals surface area contributed by atoms with Gasteiger partial charge in [0.15, 0.2) is 0 Å². The number of carbonyl (C=O) groups is 2. The van der Waals surface area contributed by atoms with Crippen LogP contribution in [0.2, 0.25) is 4.34 Å². The lowest BCUT2D eigenvalue weighted by molar-refractivity contribution is -0.125. The number of nitrogens with zero attached hydrogens (tertiary/aromatic N) is 1. The van der Waals surface area contributed by atoms with Crippen LogP contribution in [0, 0.1) is 0 Å². The molecule has 1 aliphatic rings. The van der Waals surface area contributed by atoms with E-state index in [1.54, 1.807) is 12.1 Å². The summed E-state index contributed by atoms with van der Waals surface area (Å²) in [4.78, 5) is 25.7. The zero-order valence-electron chi connectivity index (χ0n) is 18.2. The van der Waals surface area contributed by atoms with E-state index in [9.17, 15) is 14.7 Å². The number of ether oxygens (including phenoxy) is 1. The number of rotatable bonds is 7. The van der Waals surface area contributed by atoms with E-state index >= 15 is 0 Å². The SMILES string of the molecule is [2H]c1c([2H])c(N2CCOCC2=O)c([2H])c([2H])c1NC[C@@H](O)CNC(=O)c1ccc(Cl)s1. The maximum atomic E-state index is 12.1. The van der Waals surface area contributed by atoms with Gasteiger partial charge in [-0.15, -0.1) is 11.3 Å². The fourth-order valence-electron chi connectivity index (χ4n) is 2.31. The van der Waals surface area contributed by atoms with Crippen molar-refractivity contribution in [1.29, 1.82) is 0 Å². The molecule has 2 amide bonds. The first-order valence-corrected chi connectivity index (χ1v) is 9.34. The minimum atomic E-state index is -1.05. The monoisotopic (exact) mass is 413 g/mol. The lowest BCUT2D eigenvalue weighted by Gasteiger charge is -2.27. The lowest BCUT2D eigenvalue weighted by atomic mass is 10.2. The van der Waals surface area contributed by atoms with Crippen LogP contribution in [0.1, 0.15) is 15.2 Å². The molecule has 2 heterocycles. The number of carbonyl (C=O) groups excluding carboxylic acids is 2. The van der Waals surface area contributed by atoms with Gasteiger partial charge in [-0.3, -0.25) is 9.59 Å². The first kappa shape index (κ1) is 14.9. The van der Waals surface area contributed by atoms with E-state index in [2.05, 4.69) is 10.6 Å². The number of aliphatic hydroxyl groups excluding tert-OH is 1. The van der Waals surface area contributed by atoms with Crippen LogP contribution < -0.4 is 15.5 Å². The summed E-state index contributed by atoms with van der Waals surface area (Å²) in [7, 11) is 0. The molecule has 0 unspecified atom stereocenters. The van der Waals surface area contributed by atoms with Crippen molar-refractivity contribution in [2.24, 2.45) is 0 Å². The molecule has 3 rings (SSSR count). The quantitative estimate of drug-likeness (QED) is 0.645. The second-order valence-corrected chi connectivity index (χ2v) is 7.39. The lowest BCUT2D eigenvalue weighted by Crippen LogP contribution is -2.41. The number of aliphatic hydroxyl groups is 1. The number of thiophene rings is 1. The van der Waals surface area contributed by atoms with E-state index in [-0.39, 0.29) is 74.3 Å². The van der Waals surface area contributed by atoms with Crippen molar-refractivity contribution in [3.63, 3.8) is 0 Å². The number of benzene rings is 1. The topological polar surface area (TPSA) is 90.9 Å². The minimum absolute atomic E-state index is 0.0934. The van der Waals surface area contributed by atoms with Crippen LogP contribution in [0.5, 0.6) is 0 Å². The molecule has 1 aromatic carbocycles. The number of hydrogen-bond donors (Lipinski definition) is 3. The molecule has 27 heavy (non-hydrogen) atoms. The highest BCUT2D eigenvalue weighted by Crippen LogP contribution is 2.21. The molecule has 9 heteroatoms. The Kier molecular flexibility index (Phi) is 5.06. The van der Waals surface area contributed by atoms with E-state index in [4.69, 9.17) is 21.8 Å². The Bertz CT molecular complexity index is 977. The molecule has 3 N–H and O–H groups in total. The van der Waals surface area contributed by atoms with Gasteiger partial charge in [0.2, 0.25) is 0 Å². The molecule has 144 valence electrons. The minimum Gasteiger partial charge on any atom is -0.389 e. The molecule has 1 aromatic heterocycles. The standard InChI is InChI=1S/C18H20ClN3O4S/c19-16-6-5-15(27-16)18(25)21-10-14(23)9-20-12-1-3-13(4-2-12)22-7-8-26-11-17(22)24/h1-6,14,20,23H,7-11H2,(H,21,25)/t14-/m1/s1/i1D,2D,3D,4D. The summed E-state index contributed by atoms with van der Waals surface area (Å²) >= 11 is 6.90. The van der Waals surface area contributed by atoms with Gasteiger partial charge in [-0.25, -0.2) is 0 Å². The van der Waals surface area contributed by atoms with E-state index in [1.165, 1.54) is 4.90 Å². The van der Waals surface area contributed by atoms with Crippen LogP contribution in [-0.4, -0.2) is 55.9 Å². The van der Waals surface area contributed by atoms with E-state index in [0.717, 1.165) is 11.3 Å². The van der Waals surface area contributed by atoms with Crippen LogP contribution in [0.4, 0.5) is 11.4 Å². The highest BCUT2D eigenvalue weighted by molar-refractivity contribution is 7.17. The Morgan fingerprint density at radius 1 is 1.37 bits per heavy atom. The number of morpholine rings is 1. The van der Waals surface area contributed by atoms with Crippen LogP contribution in [0.25, 0.3) is 0 Å². The average molecular weight is 414 g/mol. The normalized spacial score (nSPS) is 17.6. The molecular formula is C18H20ClN3O4S. The summed E-state index contributed by atoms with van der Waals surface area (Å²) < 4.78 is 38.4. The first-order chi connectivity index (χ1) is 14.7. The maximum Gasteiger partial charge on any atom is 0.261 e. The molecule has 1 atom stereocenters. The van der Waals surface area contributed by atoms with E-state index < -0.39 is 12.0 Å². The summed E-state index contributed by atoms with van der Waals surface area (Å²) in [5.74, 6) is -0.828. The van der Waals surface area contributed by atoms with Gasteiger partial charge >= 0.3 is 0 Å². The van der Waals surface area contributed by atoms with Crippen LogP contribution >= 0.6 is 22.9 Å². The molecule has 1 saturated heterocycles. The van der Waals surface area contributed by atoms with Crippen molar-refractivity contribution >= 4 is 46.1 Å². The van der Waals surface area contributed by atoms with Crippen LogP contribution in [0.3, 0.4) is 0 Å². The third-order valence-electron chi connectivity index (χ3n) is 3.68. The van der Waals surface area contributed by atoms with Crippen molar-refractivity contribution in [3.8, 4) is 0 Å². The van der Waals surface area contributed by atoms with Gasteiger partial charge in [0.1, 0.15) is 6.61 Å². The molecule has 0 spiro atoms. The Hall–Kier alpha value is -2.13. The van der Waals surface area contributed by atoms with Gasteiger partial charge in [-0.2, -0.15) is 0 Å². The average Bonchev–Trinajstić information content (AvgIpc) is 3.18. The van der Waals surface area contributed by atoms with Crippen molar-refractivity contribution in [1.82, 2.24) is 5.32 Å². The van der Waals surface area contributed by atoms with Crippen molar-refractivity contribution in [3.05, 3.63) is 45.5 Å². The molecule has 0 saturated carbocycles. The molecular weight excluding hydrogens is 390 g/mol. The molecule has 0 radical (unpaired) electrons. The van der Waals surface area contributed by atoms with Crippen molar-refractivity contribution in [2.45, 2.75) is 6.10 Å². The molecule has 0 bridgehead atoms. The first-order valence-electron chi connectivity index (χ1n) is 10.1. The number of hydrogen-bond acceptors (Lipinski definition) is 6. The third kappa shape index (κ3) is 5.43. The Morgan fingerprint density at radius 2 is 2.15 bits per heavy atom. The largest absolute Gasteiger partial charge is 0.389 e. The van der Waals surface area contributed by atoms with Gasteiger partial charge in [0.25, 0.3) is 11.8 Å². The van der Waals surface area contributed by atoms with Gasteiger partial charge < -0.3 is 25.4 Å². The Morgan fingerprint density at radius 3 is 2.81 bits per heavy atom. The molecule has 7 nitrogen and oxygen atoms in total. The fraction of sp³-hybridized carbons (Fsp3) is 0.333. The predicted octanol–water partition coefficient (Wildman–Crippen LogP) is 1.97. The second kappa shape index (κ2) is 9.18. The molecule has 0 aliphatic carbocycles. The Balaban J connectivity index is 1.67. The number of amides is 2. The van der Waals surface area contributed by atoms with Gasteiger partial charge in [0, 0.05) is 31.0 Å². The van der Waals surface area contributed by atoms with Gasteiger partial charge in [0.05, 0.1) is 27.4 Å². The highest BCUT2D eigenvalue weighted by Gasteiger charge is 2.19. The fourth-order valence-corrected chi connectivity index (χ4v) is 3.27. The van der Waals surface area contributed by atoms with Crippen molar-refractivity contribution in [2.75, 3.05) is 43.1 Å². The maximum absolute atomic E-state index is 12.1. The summed E-state index contributed by atoms with van der Waals surface area (Å²) in [5.41, 5.74) is -0.203. The summed E-state index contributed by atoms with van der Waals surface area (Å²) in [6.07, 6.45) is -1.05. The zero-order chi connectivity index (χ0) is 22.7. The van der Waals surface area contributed by atoms with E-state index in [1.807, 2.05) is 0 Å². The molecule has 1 fully saturated rings. The predicted molar refractivity (Wildman–Crippen MR) is 106 cm³/mol. The Labute approximate surface area is 171 Å². The number of halogens is 1. The van der Waals surface area contributed by atoms with Crippen LogP contribution in [0.15, 0.2) is 36.3 Å². The van der Waals surface area contributed by atoms with E-state index in [0.29, 0.717) is 9.21 Å². The number of nitrogens with one attached hydrogen (secondary N) is 2. The molecule has 2 aromatic rings. The summed E-state index contributed by atoms with van der Waals surface area (Å²) in [5, 5.41) is 15.4. The highest BCUT2D eigenvalue weighted by atomic mass is 35.5.